The molecule has 116 valence electrons. The summed E-state index contributed by atoms with van der Waals surface area (Å²) < 4.78 is 0.877. The lowest BCUT2D eigenvalue weighted by Gasteiger charge is -2.12. The van der Waals surface area contributed by atoms with Crippen LogP contribution in [-0.2, 0) is 11.3 Å². The summed E-state index contributed by atoms with van der Waals surface area (Å²) in [6, 6.07) is 14.7. The molecular weight excluding hydrogens is 398 g/mol. The minimum absolute atomic E-state index is 0.221. The Kier molecular flexibility index (Phi) is 4.90. The molecule has 2 amide bonds. The van der Waals surface area contributed by atoms with Gasteiger partial charge in [-0.25, -0.2) is 0 Å². The number of hydrogen-bond acceptors (Lipinski definition) is 3. The van der Waals surface area contributed by atoms with Gasteiger partial charge in [-0.15, -0.1) is 0 Å². The summed E-state index contributed by atoms with van der Waals surface area (Å²) in [5, 5.41) is 0.312. The second-order valence-corrected chi connectivity index (χ2v) is 7.20. The monoisotopic (exact) mass is 407 g/mol. The SMILES string of the molecule is O=C1S/C(=C\c2ccccc2Br)C(=O)N1Cc1cccc(Cl)c1. The highest BCUT2D eigenvalue weighted by Gasteiger charge is 2.35. The van der Waals surface area contributed by atoms with Crippen LogP contribution in [0.4, 0.5) is 4.79 Å². The third-order valence-electron chi connectivity index (χ3n) is 3.30. The van der Waals surface area contributed by atoms with Crippen LogP contribution in [0.3, 0.4) is 0 Å². The lowest BCUT2D eigenvalue weighted by Crippen LogP contribution is -2.27. The predicted molar refractivity (Wildman–Crippen MR) is 97.1 cm³/mol. The second-order valence-electron chi connectivity index (χ2n) is 4.92. The molecule has 2 aromatic carbocycles. The van der Waals surface area contributed by atoms with Gasteiger partial charge < -0.3 is 0 Å². The molecule has 0 aromatic heterocycles. The number of carbonyl (C=O) groups is 2. The Labute approximate surface area is 151 Å². The van der Waals surface area contributed by atoms with Gasteiger partial charge in [0.25, 0.3) is 11.1 Å². The molecule has 6 heteroatoms. The van der Waals surface area contributed by atoms with E-state index >= 15 is 0 Å². The summed E-state index contributed by atoms with van der Waals surface area (Å²) in [6.07, 6.45) is 1.73. The Morgan fingerprint density at radius 1 is 1.13 bits per heavy atom. The summed E-state index contributed by atoms with van der Waals surface area (Å²) in [5.74, 6) is -0.282. The minimum atomic E-state index is -0.282. The molecule has 1 aliphatic rings. The largest absolute Gasteiger partial charge is 0.293 e. The molecule has 0 aliphatic carbocycles. The maximum absolute atomic E-state index is 12.5. The van der Waals surface area contributed by atoms with E-state index in [2.05, 4.69) is 15.9 Å². The fourth-order valence-corrected chi connectivity index (χ4v) is 3.63. The highest BCUT2D eigenvalue weighted by molar-refractivity contribution is 9.10. The molecule has 23 heavy (non-hydrogen) atoms. The number of nitrogens with zero attached hydrogens (tertiary/aromatic N) is 1. The molecular formula is C17H11BrClNO2S. The van der Waals surface area contributed by atoms with Gasteiger partial charge in [-0.1, -0.05) is 57.9 Å². The maximum atomic E-state index is 12.5. The quantitative estimate of drug-likeness (QED) is 0.643. The first-order valence-electron chi connectivity index (χ1n) is 6.79. The molecule has 0 atom stereocenters. The Morgan fingerprint density at radius 3 is 2.65 bits per heavy atom. The zero-order chi connectivity index (χ0) is 16.4. The van der Waals surface area contributed by atoms with Crippen LogP contribution in [0.15, 0.2) is 57.9 Å². The first-order chi connectivity index (χ1) is 11.0. The molecule has 0 unspecified atom stereocenters. The molecule has 0 saturated carbocycles. The summed E-state index contributed by atoms with van der Waals surface area (Å²) in [4.78, 5) is 26.3. The van der Waals surface area contributed by atoms with Gasteiger partial charge in [0, 0.05) is 9.50 Å². The first-order valence-corrected chi connectivity index (χ1v) is 8.77. The lowest BCUT2D eigenvalue weighted by atomic mass is 10.2. The topological polar surface area (TPSA) is 37.4 Å². The number of rotatable bonds is 3. The fraction of sp³-hybridized carbons (Fsp3) is 0.0588. The van der Waals surface area contributed by atoms with Crippen molar-refractivity contribution in [3.05, 3.63) is 74.1 Å². The molecule has 1 aliphatic heterocycles. The molecule has 3 nitrogen and oxygen atoms in total. The molecule has 1 saturated heterocycles. The van der Waals surface area contributed by atoms with E-state index in [-0.39, 0.29) is 17.7 Å². The van der Waals surface area contributed by atoms with Gasteiger partial charge >= 0.3 is 0 Å². The van der Waals surface area contributed by atoms with Crippen LogP contribution in [0, 0.1) is 0 Å². The van der Waals surface area contributed by atoms with Crippen molar-refractivity contribution in [3.63, 3.8) is 0 Å². The number of thioether (sulfide) groups is 1. The number of amides is 2. The number of halogens is 2. The van der Waals surface area contributed by atoms with Gasteiger partial charge in [0.15, 0.2) is 0 Å². The van der Waals surface area contributed by atoms with Crippen LogP contribution in [0.25, 0.3) is 6.08 Å². The second kappa shape index (κ2) is 6.91. The Morgan fingerprint density at radius 2 is 1.91 bits per heavy atom. The number of hydrogen-bond donors (Lipinski definition) is 0. The zero-order valence-electron chi connectivity index (χ0n) is 11.8. The van der Waals surface area contributed by atoms with Crippen LogP contribution >= 0.6 is 39.3 Å². The number of imide groups is 1. The molecule has 3 rings (SSSR count). The highest BCUT2D eigenvalue weighted by Crippen LogP contribution is 2.34. The van der Waals surface area contributed by atoms with E-state index in [1.54, 1.807) is 24.3 Å². The van der Waals surface area contributed by atoms with Crippen LogP contribution in [0.2, 0.25) is 5.02 Å². The molecule has 2 aromatic rings. The minimum Gasteiger partial charge on any atom is -0.268 e. The molecule has 0 N–H and O–H groups in total. The van der Waals surface area contributed by atoms with Crippen molar-refractivity contribution in [2.75, 3.05) is 0 Å². The van der Waals surface area contributed by atoms with Crippen molar-refractivity contribution in [1.29, 1.82) is 0 Å². The molecule has 0 bridgehead atoms. The van der Waals surface area contributed by atoms with Crippen LogP contribution in [-0.4, -0.2) is 16.0 Å². The smallest absolute Gasteiger partial charge is 0.268 e. The van der Waals surface area contributed by atoms with E-state index < -0.39 is 0 Å². The highest BCUT2D eigenvalue weighted by atomic mass is 79.9. The van der Waals surface area contributed by atoms with Crippen molar-refractivity contribution in [2.24, 2.45) is 0 Å². The van der Waals surface area contributed by atoms with Crippen LogP contribution in [0.5, 0.6) is 0 Å². The summed E-state index contributed by atoms with van der Waals surface area (Å²) in [5.41, 5.74) is 1.68. The average Bonchev–Trinajstić information content (AvgIpc) is 2.77. The van der Waals surface area contributed by atoms with Crippen molar-refractivity contribution in [3.8, 4) is 0 Å². The normalized spacial score (nSPS) is 16.4. The standard InChI is InChI=1S/C17H11BrClNO2S/c18-14-7-2-1-5-12(14)9-15-16(21)20(17(22)23-15)10-11-4-3-6-13(19)8-11/h1-9H,10H2/b15-9-. The number of benzene rings is 2. The number of carbonyl (C=O) groups excluding carboxylic acids is 2. The van der Waals surface area contributed by atoms with Crippen molar-refractivity contribution in [1.82, 2.24) is 4.90 Å². The Balaban J connectivity index is 1.84. The van der Waals surface area contributed by atoms with Gasteiger partial charge in [-0.3, -0.25) is 14.5 Å². The molecule has 0 radical (unpaired) electrons. The predicted octanol–water partition coefficient (Wildman–Crippen LogP) is 5.34. The van der Waals surface area contributed by atoms with E-state index in [9.17, 15) is 9.59 Å². The third-order valence-corrected chi connectivity index (χ3v) is 5.16. The molecule has 1 heterocycles. The Hall–Kier alpha value is -1.56. The summed E-state index contributed by atoms with van der Waals surface area (Å²) >= 11 is 10.3. The fourth-order valence-electron chi connectivity index (χ4n) is 2.19. The third kappa shape index (κ3) is 3.68. The summed E-state index contributed by atoms with van der Waals surface area (Å²) in [6.45, 7) is 0.221. The van der Waals surface area contributed by atoms with E-state index in [0.717, 1.165) is 27.4 Å². The van der Waals surface area contributed by atoms with Gasteiger partial charge in [0.2, 0.25) is 0 Å². The maximum Gasteiger partial charge on any atom is 0.293 e. The van der Waals surface area contributed by atoms with Gasteiger partial charge in [-0.2, -0.15) is 0 Å². The van der Waals surface area contributed by atoms with Crippen LogP contribution < -0.4 is 0 Å². The van der Waals surface area contributed by atoms with E-state index in [4.69, 9.17) is 11.6 Å². The van der Waals surface area contributed by atoms with E-state index in [1.807, 2.05) is 30.3 Å². The van der Waals surface area contributed by atoms with E-state index in [0.29, 0.717) is 9.93 Å². The lowest BCUT2D eigenvalue weighted by molar-refractivity contribution is -0.123. The molecule has 1 fully saturated rings. The van der Waals surface area contributed by atoms with Crippen LogP contribution in [0.1, 0.15) is 11.1 Å². The summed E-state index contributed by atoms with van der Waals surface area (Å²) in [7, 11) is 0. The average molecular weight is 409 g/mol. The van der Waals surface area contributed by atoms with Gasteiger partial charge in [0.1, 0.15) is 0 Å². The zero-order valence-corrected chi connectivity index (χ0v) is 15.0. The van der Waals surface area contributed by atoms with Crippen molar-refractivity contribution < 1.29 is 9.59 Å². The van der Waals surface area contributed by atoms with Gasteiger partial charge in [-0.05, 0) is 47.2 Å². The molecule has 0 spiro atoms. The van der Waals surface area contributed by atoms with E-state index in [1.165, 1.54) is 4.90 Å². The first kappa shape index (κ1) is 16.3. The van der Waals surface area contributed by atoms with Crippen molar-refractivity contribution in [2.45, 2.75) is 6.54 Å². The van der Waals surface area contributed by atoms with Gasteiger partial charge in [0.05, 0.1) is 11.4 Å². The van der Waals surface area contributed by atoms with Crippen molar-refractivity contribution >= 4 is 56.5 Å². The Bertz CT molecular complexity index is 822.